The Labute approximate surface area is 189 Å². The number of H-pyrrole nitrogens is 1. The molecule has 31 heavy (non-hydrogen) atoms. The number of phenolic OH excluding ortho intramolecular Hbond substituents is 1. The molecule has 2 N–H and O–H groups in total. The molecule has 0 aliphatic carbocycles. The summed E-state index contributed by atoms with van der Waals surface area (Å²) in [6.07, 6.45) is 0. The van der Waals surface area contributed by atoms with Crippen molar-refractivity contribution in [1.82, 2.24) is 4.98 Å². The average molecular weight is 475 g/mol. The third-order valence-corrected chi connectivity index (χ3v) is 8.12. The fraction of sp³-hybridized carbons (Fsp3) is 0.190. The van der Waals surface area contributed by atoms with E-state index in [9.17, 15) is 19.5 Å². The molecule has 0 saturated carbocycles. The van der Waals surface area contributed by atoms with Gasteiger partial charge in [0.1, 0.15) is 5.25 Å². The van der Waals surface area contributed by atoms with Gasteiger partial charge in [0.2, 0.25) is 11.8 Å². The number of aromatic amines is 1. The Morgan fingerprint density at radius 1 is 1.10 bits per heavy atom. The van der Waals surface area contributed by atoms with Crippen LogP contribution in [-0.4, -0.2) is 34.3 Å². The Morgan fingerprint density at radius 2 is 1.84 bits per heavy atom. The number of nitrogens with one attached hydrogen (secondary N) is 1. The Hall–Kier alpha value is -2.75. The van der Waals surface area contributed by atoms with E-state index in [0.29, 0.717) is 26.2 Å². The van der Waals surface area contributed by atoms with Gasteiger partial charge in [0.25, 0.3) is 0 Å². The van der Waals surface area contributed by atoms with E-state index in [2.05, 4.69) is 4.98 Å². The summed E-state index contributed by atoms with van der Waals surface area (Å²) < 4.78 is 5.23. The second kappa shape index (κ2) is 7.44. The minimum atomic E-state index is -0.707. The van der Waals surface area contributed by atoms with Crippen molar-refractivity contribution >= 4 is 52.2 Å². The van der Waals surface area contributed by atoms with Crippen LogP contribution in [-0.2, 0) is 9.59 Å². The van der Waals surface area contributed by atoms with Crippen LogP contribution in [0.4, 0.5) is 5.69 Å². The predicted octanol–water partition coefficient (Wildman–Crippen LogP) is 3.60. The van der Waals surface area contributed by atoms with E-state index < -0.39 is 17.1 Å². The van der Waals surface area contributed by atoms with Crippen molar-refractivity contribution in [3.05, 3.63) is 67.6 Å². The number of nitrogens with zero attached hydrogens (tertiary/aromatic N) is 1. The number of benzene rings is 2. The average Bonchev–Trinajstić information content (AvgIpc) is 3.24. The lowest BCUT2D eigenvalue weighted by atomic mass is 9.83. The Kier molecular flexibility index (Phi) is 4.84. The number of phenols is 1. The molecule has 3 unspecified atom stereocenters. The van der Waals surface area contributed by atoms with Gasteiger partial charge in [-0.05, 0) is 42.0 Å². The SMILES string of the molecule is COc1cc(C2c3sc(=O)[nH]c3SC3C(=O)N(c4ccc(Cl)cc4)C(=O)C32)ccc1O. The molecule has 3 atom stereocenters. The largest absolute Gasteiger partial charge is 0.504 e. The van der Waals surface area contributed by atoms with Crippen molar-refractivity contribution in [2.75, 3.05) is 12.0 Å². The maximum Gasteiger partial charge on any atom is 0.305 e. The number of hydrogen-bond donors (Lipinski definition) is 2. The number of thioether (sulfide) groups is 1. The summed E-state index contributed by atoms with van der Waals surface area (Å²) in [5, 5.41) is 10.4. The number of anilines is 1. The quantitative estimate of drug-likeness (QED) is 0.563. The van der Waals surface area contributed by atoms with Gasteiger partial charge in [-0.3, -0.25) is 14.4 Å². The third kappa shape index (κ3) is 3.15. The smallest absolute Gasteiger partial charge is 0.305 e. The van der Waals surface area contributed by atoms with E-state index in [1.165, 1.54) is 29.8 Å². The number of aromatic hydroxyl groups is 1. The lowest BCUT2D eigenvalue weighted by Gasteiger charge is -2.30. The minimum Gasteiger partial charge on any atom is -0.504 e. The summed E-state index contributed by atoms with van der Waals surface area (Å²) in [6, 6.07) is 11.3. The lowest BCUT2D eigenvalue weighted by Crippen LogP contribution is -2.32. The summed E-state index contributed by atoms with van der Waals surface area (Å²) >= 11 is 8.20. The van der Waals surface area contributed by atoms with E-state index in [4.69, 9.17) is 16.3 Å². The number of imide groups is 1. The fourth-order valence-electron chi connectivity index (χ4n) is 4.11. The van der Waals surface area contributed by atoms with Crippen LogP contribution in [0.3, 0.4) is 0 Å². The number of ether oxygens (including phenoxy) is 1. The zero-order valence-corrected chi connectivity index (χ0v) is 18.4. The number of thiazole rings is 1. The number of carbonyl (C=O) groups is 2. The normalized spacial score (nSPS) is 22.4. The first-order valence-electron chi connectivity index (χ1n) is 9.29. The molecule has 2 aliphatic rings. The van der Waals surface area contributed by atoms with Crippen molar-refractivity contribution in [3.8, 4) is 11.5 Å². The monoisotopic (exact) mass is 474 g/mol. The van der Waals surface area contributed by atoms with Gasteiger partial charge in [-0.1, -0.05) is 40.8 Å². The van der Waals surface area contributed by atoms with Gasteiger partial charge in [-0.2, -0.15) is 0 Å². The lowest BCUT2D eigenvalue weighted by molar-refractivity contribution is -0.122. The number of amides is 2. The number of fused-ring (bicyclic) bond motifs is 2. The third-order valence-electron chi connectivity index (χ3n) is 5.47. The highest BCUT2D eigenvalue weighted by atomic mass is 35.5. The molecule has 10 heteroatoms. The highest BCUT2D eigenvalue weighted by Crippen LogP contribution is 2.53. The number of hydrogen-bond acceptors (Lipinski definition) is 7. The summed E-state index contributed by atoms with van der Waals surface area (Å²) in [6.45, 7) is 0. The van der Waals surface area contributed by atoms with Crippen molar-refractivity contribution in [2.45, 2.75) is 16.2 Å². The van der Waals surface area contributed by atoms with E-state index in [-0.39, 0.29) is 28.2 Å². The molecule has 158 valence electrons. The molecule has 3 heterocycles. The second-order valence-electron chi connectivity index (χ2n) is 7.17. The van der Waals surface area contributed by atoms with Gasteiger partial charge in [-0.15, -0.1) is 0 Å². The van der Waals surface area contributed by atoms with E-state index in [1.54, 1.807) is 36.4 Å². The first-order valence-corrected chi connectivity index (χ1v) is 11.4. The maximum absolute atomic E-state index is 13.6. The van der Waals surface area contributed by atoms with Gasteiger partial charge in [0.05, 0.1) is 23.7 Å². The van der Waals surface area contributed by atoms with Crippen molar-refractivity contribution in [3.63, 3.8) is 0 Å². The highest BCUT2D eigenvalue weighted by Gasteiger charge is 2.56. The molecule has 5 rings (SSSR count). The molecule has 7 nitrogen and oxygen atoms in total. The highest BCUT2D eigenvalue weighted by molar-refractivity contribution is 8.00. The van der Waals surface area contributed by atoms with Gasteiger partial charge >= 0.3 is 4.87 Å². The van der Waals surface area contributed by atoms with Crippen LogP contribution < -0.4 is 14.5 Å². The Balaban J connectivity index is 1.66. The predicted molar refractivity (Wildman–Crippen MR) is 119 cm³/mol. The molecule has 1 fully saturated rings. The van der Waals surface area contributed by atoms with Crippen molar-refractivity contribution in [2.24, 2.45) is 5.92 Å². The summed E-state index contributed by atoms with van der Waals surface area (Å²) in [5.74, 6) is -1.70. The van der Waals surface area contributed by atoms with Crippen LogP contribution in [0.1, 0.15) is 16.4 Å². The second-order valence-corrected chi connectivity index (χ2v) is 9.77. The molecule has 0 radical (unpaired) electrons. The van der Waals surface area contributed by atoms with Gasteiger partial charge in [0.15, 0.2) is 11.5 Å². The zero-order chi connectivity index (χ0) is 21.9. The van der Waals surface area contributed by atoms with Crippen LogP contribution in [0.15, 0.2) is 52.3 Å². The molecular formula is C21H15ClN2O5S2. The molecular weight excluding hydrogens is 460 g/mol. The van der Waals surface area contributed by atoms with Crippen LogP contribution in [0, 0.1) is 5.92 Å². The van der Waals surface area contributed by atoms with Crippen LogP contribution in [0.25, 0.3) is 0 Å². The van der Waals surface area contributed by atoms with E-state index >= 15 is 0 Å². The maximum atomic E-state index is 13.6. The summed E-state index contributed by atoms with van der Waals surface area (Å²) in [5.41, 5.74) is 1.13. The number of rotatable bonds is 3. The molecule has 2 aromatic carbocycles. The molecule has 2 amide bonds. The van der Waals surface area contributed by atoms with Gasteiger partial charge in [-0.25, -0.2) is 4.90 Å². The molecule has 0 bridgehead atoms. The van der Waals surface area contributed by atoms with E-state index in [0.717, 1.165) is 11.3 Å². The van der Waals surface area contributed by atoms with E-state index in [1.807, 2.05) is 0 Å². The van der Waals surface area contributed by atoms with Crippen molar-refractivity contribution in [1.29, 1.82) is 0 Å². The first kappa shape index (κ1) is 20.2. The molecule has 1 saturated heterocycles. The summed E-state index contributed by atoms with van der Waals surface area (Å²) in [4.78, 5) is 43.4. The molecule has 1 aromatic heterocycles. The zero-order valence-electron chi connectivity index (χ0n) is 16.0. The standard InChI is InChI=1S/C21H15ClN2O5S2/c1-29-13-8-9(2-7-12(13)25)14-15-17(30-18-16(14)31-21(28)23-18)20(27)24(19(15)26)11-5-3-10(22)4-6-11/h2-8,14-15,17,25H,1H3,(H,23,28). The Bertz CT molecular complexity index is 1270. The molecule has 3 aromatic rings. The van der Waals surface area contributed by atoms with Crippen LogP contribution in [0.2, 0.25) is 5.02 Å². The number of aromatic nitrogens is 1. The molecule has 2 aliphatic heterocycles. The fourth-order valence-corrected chi connectivity index (χ4v) is 6.75. The summed E-state index contributed by atoms with van der Waals surface area (Å²) in [7, 11) is 1.44. The topological polar surface area (TPSA) is 99.7 Å². The minimum absolute atomic E-state index is 0.0351. The van der Waals surface area contributed by atoms with Gasteiger partial charge in [0, 0.05) is 15.8 Å². The van der Waals surface area contributed by atoms with Gasteiger partial charge < -0.3 is 14.8 Å². The van der Waals surface area contributed by atoms with Crippen LogP contribution >= 0.6 is 34.7 Å². The first-order chi connectivity index (χ1) is 14.9. The van der Waals surface area contributed by atoms with Crippen molar-refractivity contribution < 1.29 is 19.4 Å². The number of carbonyl (C=O) groups excluding carboxylic acids is 2. The van der Waals surface area contributed by atoms with Crippen LogP contribution in [0.5, 0.6) is 11.5 Å². The number of halogens is 1. The number of methoxy groups -OCH3 is 1. The molecule has 0 spiro atoms. The Morgan fingerprint density at radius 3 is 2.55 bits per heavy atom.